The molecule has 0 aliphatic carbocycles. The molecule has 4 aromatic rings. The van der Waals surface area contributed by atoms with Gasteiger partial charge in [0.2, 0.25) is 0 Å². The molecule has 0 radical (unpaired) electrons. The van der Waals surface area contributed by atoms with Gasteiger partial charge in [0.25, 0.3) is 5.91 Å². The highest BCUT2D eigenvalue weighted by atomic mass is 32.1. The second-order valence-electron chi connectivity index (χ2n) is 6.60. The van der Waals surface area contributed by atoms with Crippen LogP contribution in [-0.2, 0) is 6.54 Å². The van der Waals surface area contributed by atoms with E-state index in [1.165, 1.54) is 28.4 Å². The van der Waals surface area contributed by atoms with Crippen LogP contribution in [0.15, 0.2) is 84.2 Å². The van der Waals surface area contributed by atoms with Gasteiger partial charge in [-0.3, -0.25) is 9.69 Å². The van der Waals surface area contributed by atoms with Gasteiger partial charge in [-0.15, -0.1) is 11.3 Å². The molecule has 4 nitrogen and oxygen atoms in total. The fraction of sp³-hybridized carbons (Fsp3) is 0.0833. The van der Waals surface area contributed by atoms with E-state index in [1.807, 2.05) is 60.0 Å². The van der Waals surface area contributed by atoms with Crippen LogP contribution >= 0.6 is 11.3 Å². The van der Waals surface area contributed by atoms with E-state index >= 15 is 0 Å². The number of ether oxygens (including phenoxy) is 1. The Balaban J connectivity index is 1.69. The molecule has 0 bridgehead atoms. The summed E-state index contributed by atoms with van der Waals surface area (Å²) in [5, 5.41) is 2.40. The van der Waals surface area contributed by atoms with Gasteiger partial charge < -0.3 is 4.74 Å². The number of carbonyl (C=O) groups is 1. The molecule has 0 N–H and O–H groups in total. The normalized spacial score (nSPS) is 10.6. The number of anilines is 1. The van der Waals surface area contributed by atoms with Gasteiger partial charge in [-0.25, -0.2) is 9.37 Å². The first kappa shape index (κ1) is 19.8. The number of nitrogens with zero attached hydrogens (tertiary/aromatic N) is 2. The highest BCUT2D eigenvalue weighted by molar-refractivity contribution is 7.14. The summed E-state index contributed by atoms with van der Waals surface area (Å²) in [6.45, 7) is 0.295. The molecular formula is C24H19FN2O2S. The van der Waals surface area contributed by atoms with E-state index in [1.54, 1.807) is 19.2 Å². The zero-order valence-corrected chi connectivity index (χ0v) is 17.1. The van der Waals surface area contributed by atoms with Gasteiger partial charge in [-0.05, 0) is 42.0 Å². The summed E-state index contributed by atoms with van der Waals surface area (Å²) in [4.78, 5) is 19.4. The lowest BCUT2D eigenvalue weighted by molar-refractivity contribution is 0.0981. The molecule has 0 atom stereocenters. The monoisotopic (exact) mass is 418 g/mol. The van der Waals surface area contributed by atoms with Crippen molar-refractivity contribution in [2.45, 2.75) is 6.54 Å². The largest absolute Gasteiger partial charge is 0.497 e. The Kier molecular flexibility index (Phi) is 5.86. The van der Waals surface area contributed by atoms with Gasteiger partial charge >= 0.3 is 0 Å². The van der Waals surface area contributed by atoms with Gasteiger partial charge in [0.1, 0.15) is 11.6 Å². The first-order chi connectivity index (χ1) is 14.7. The van der Waals surface area contributed by atoms with Crippen LogP contribution in [0, 0.1) is 5.82 Å². The number of hydrogen-bond donors (Lipinski definition) is 0. The maximum absolute atomic E-state index is 14.3. The van der Waals surface area contributed by atoms with Crippen LogP contribution < -0.4 is 9.64 Å². The second-order valence-corrected chi connectivity index (χ2v) is 7.44. The number of thiazole rings is 1. The summed E-state index contributed by atoms with van der Waals surface area (Å²) in [6, 6.07) is 23.2. The number of benzene rings is 3. The van der Waals surface area contributed by atoms with Crippen LogP contribution in [-0.4, -0.2) is 18.0 Å². The number of aromatic nitrogens is 1. The molecule has 1 aromatic heterocycles. The predicted molar refractivity (Wildman–Crippen MR) is 117 cm³/mol. The summed E-state index contributed by atoms with van der Waals surface area (Å²) in [5.74, 6) is -0.213. The third-order valence-corrected chi connectivity index (χ3v) is 5.51. The molecular weight excluding hydrogens is 399 g/mol. The van der Waals surface area contributed by atoms with Crippen LogP contribution in [0.25, 0.3) is 11.3 Å². The maximum Gasteiger partial charge on any atom is 0.263 e. The molecule has 0 saturated heterocycles. The molecule has 4 rings (SSSR count). The number of amides is 1. The average molecular weight is 418 g/mol. The SMILES string of the molecule is COc1ccc(-c2csc(N(Cc3ccccc3)C(=O)c3ccccc3F)n2)cc1. The third kappa shape index (κ3) is 4.23. The number of carbonyl (C=O) groups excluding carboxylic acids is 1. The number of halogens is 1. The standard InChI is InChI=1S/C24H19FN2O2S/c1-29-19-13-11-18(12-14-19)22-16-30-24(26-22)27(15-17-7-3-2-4-8-17)23(28)20-9-5-6-10-21(20)25/h2-14,16H,15H2,1H3. The number of rotatable bonds is 6. The molecule has 1 amide bonds. The number of methoxy groups -OCH3 is 1. The summed E-state index contributed by atoms with van der Waals surface area (Å²) in [5.41, 5.74) is 2.62. The Labute approximate surface area is 178 Å². The lowest BCUT2D eigenvalue weighted by Crippen LogP contribution is -2.31. The topological polar surface area (TPSA) is 42.4 Å². The van der Waals surface area contributed by atoms with Crippen LogP contribution in [0.5, 0.6) is 5.75 Å². The maximum atomic E-state index is 14.3. The Morgan fingerprint density at radius 2 is 1.70 bits per heavy atom. The minimum Gasteiger partial charge on any atom is -0.497 e. The predicted octanol–water partition coefficient (Wildman–Crippen LogP) is 5.80. The van der Waals surface area contributed by atoms with Crippen molar-refractivity contribution in [3.63, 3.8) is 0 Å². The number of hydrogen-bond acceptors (Lipinski definition) is 4. The third-order valence-electron chi connectivity index (χ3n) is 4.64. The molecule has 0 aliphatic rings. The average Bonchev–Trinajstić information content (AvgIpc) is 3.28. The van der Waals surface area contributed by atoms with Crippen molar-refractivity contribution in [3.05, 3.63) is 101 Å². The molecule has 0 spiro atoms. The molecule has 0 aliphatic heterocycles. The van der Waals surface area contributed by atoms with Crippen molar-refractivity contribution in [3.8, 4) is 17.0 Å². The van der Waals surface area contributed by atoms with Crippen LogP contribution in [0.4, 0.5) is 9.52 Å². The molecule has 150 valence electrons. The van der Waals surface area contributed by atoms with Crippen molar-refractivity contribution in [2.24, 2.45) is 0 Å². The molecule has 0 fully saturated rings. The molecule has 0 unspecified atom stereocenters. The Morgan fingerprint density at radius 1 is 1.00 bits per heavy atom. The minimum absolute atomic E-state index is 0.0228. The van der Waals surface area contributed by atoms with Crippen molar-refractivity contribution < 1.29 is 13.9 Å². The van der Waals surface area contributed by atoms with Gasteiger partial charge in [0.05, 0.1) is 24.9 Å². The second kappa shape index (κ2) is 8.88. The van der Waals surface area contributed by atoms with Crippen LogP contribution in [0.3, 0.4) is 0 Å². The zero-order chi connectivity index (χ0) is 20.9. The molecule has 3 aromatic carbocycles. The quantitative estimate of drug-likeness (QED) is 0.397. The smallest absolute Gasteiger partial charge is 0.263 e. The van der Waals surface area contributed by atoms with E-state index in [0.29, 0.717) is 11.7 Å². The van der Waals surface area contributed by atoms with E-state index < -0.39 is 11.7 Å². The van der Waals surface area contributed by atoms with Crippen molar-refractivity contribution in [2.75, 3.05) is 12.0 Å². The minimum atomic E-state index is -0.549. The Hall–Kier alpha value is -3.51. The first-order valence-corrected chi connectivity index (χ1v) is 10.2. The molecule has 6 heteroatoms. The van der Waals surface area contributed by atoms with E-state index in [0.717, 1.165) is 22.6 Å². The van der Waals surface area contributed by atoms with Gasteiger partial charge in [0.15, 0.2) is 5.13 Å². The Bertz CT molecular complexity index is 1140. The molecule has 30 heavy (non-hydrogen) atoms. The highest BCUT2D eigenvalue weighted by Crippen LogP contribution is 2.30. The Morgan fingerprint density at radius 3 is 2.40 bits per heavy atom. The summed E-state index contributed by atoms with van der Waals surface area (Å²) >= 11 is 1.35. The fourth-order valence-corrected chi connectivity index (χ4v) is 3.89. The van der Waals surface area contributed by atoms with Crippen molar-refractivity contribution >= 4 is 22.4 Å². The van der Waals surface area contributed by atoms with Crippen LogP contribution in [0.2, 0.25) is 0 Å². The van der Waals surface area contributed by atoms with Gasteiger partial charge in [0, 0.05) is 10.9 Å². The van der Waals surface area contributed by atoms with E-state index in [4.69, 9.17) is 4.74 Å². The fourth-order valence-electron chi connectivity index (χ4n) is 3.05. The zero-order valence-electron chi connectivity index (χ0n) is 16.3. The van der Waals surface area contributed by atoms with Crippen molar-refractivity contribution in [1.82, 2.24) is 4.98 Å². The lowest BCUT2D eigenvalue weighted by Gasteiger charge is -2.20. The molecule has 1 heterocycles. The summed E-state index contributed by atoms with van der Waals surface area (Å²) in [7, 11) is 1.62. The lowest BCUT2D eigenvalue weighted by atomic mass is 10.1. The highest BCUT2D eigenvalue weighted by Gasteiger charge is 2.23. The van der Waals surface area contributed by atoms with E-state index in [-0.39, 0.29) is 5.56 Å². The van der Waals surface area contributed by atoms with E-state index in [9.17, 15) is 9.18 Å². The van der Waals surface area contributed by atoms with Crippen LogP contribution in [0.1, 0.15) is 15.9 Å². The molecule has 0 saturated carbocycles. The summed E-state index contributed by atoms with van der Waals surface area (Å²) in [6.07, 6.45) is 0. The van der Waals surface area contributed by atoms with Crippen molar-refractivity contribution in [1.29, 1.82) is 0 Å². The van der Waals surface area contributed by atoms with Gasteiger partial charge in [-0.2, -0.15) is 0 Å². The van der Waals surface area contributed by atoms with Gasteiger partial charge in [-0.1, -0.05) is 42.5 Å². The summed E-state index contributed by atoms with van der Waals surface area (Å²) < 4.78 is 19.5. The first-order valence-electron chi connectivity index (χ1n) is 9.36. The van der Waals surface area contributed by atoms with E-state index in [2.05, 4.69) is 4.98 Å².